The average molecular weight is 371 g/mol. The van der Waals surface area contributed by atoms with E-state index in [-0.39, 0.29) is 11.9 Å². The maximum Gasteiger partial charge on any atom is 0.238 e. The largest absolute Gasteiger partial charge is 0.339 e. The van der Waals surface area contributed by atoms with Crippen LogP contribution in [0.4, 0.5) is 0 Å². The van der Waals surface area contributed by atoms with Crippen LogP contribution in [0.25, 0.3) is 11.1 Å². The number of aryl methyl sites for hydroxylation is 2. The van der Waals surface area contributed by atoms with Crippen molar-refractivity contribution in [3.05, 3.63) is 59.2 Å². The predicted molar refractivity (Wildman–Crippen MR) is 109 cm³/mol. The van der Waals surface area contributed by atoms with Crippen molar-refractivity contribution >= 4 is 5.91 Å². The molecule has 1 heterocycles. The van der Waals surface area contributed by atoms with E-state index in [9.17, 15) is 10.1 Å². The maximum absolute atomic E-state index is 12.6. The molecule has 4 heteroatoms. The Morgan fingerprint density at radius 3 is 2.75 bits per heavy atom. The number of hydrogen-bond donors (Lipinski definition) is 2. The molecule has 4 atom stereocenters. The van der Waals surface area contributed by atoms with Crippen molar-refractivity contribution in [2.45, 2.75) is 56.7 Å². The molecule has 28 heavy (non-hydrogen) atoms. The Labute approximate surface area is 166 Å². The zero-order chi connectivity index (χ0) is 19.1. The van der Waals surface area contributed by atoms with Crippen molar-refractivity contribution in [1.82, 2.24) is 10.6 Å². The van der Waals surface area contributed by atoms with Crippen LogP contribution in [-0.4, -0.2) is 24.0 Å². The molecule has 5 rings (SSSR count). The van der Waals surface area contributed by atoms with E-state index in [4.69, 9.17) is 0 Å². The lowest BCUT2D eigenvalue weighted by atomic mass is 9.84. The first-order chi connectivity index (χ1) is 13.7. The lowest BCUT2D eigenvalue weighted by Gasteiger charge is -2.24. The fourth-order valence-electron chi connectivity index (χ4n) is 5.29. The van der Waals surface area contributed by atoms with Gasteiger partial charge in [0.15, 0.2) is 0 Å². The highest BCUT2D eigenvalue weighted by Gasteiger charge is 2.43. The minimum atomic E-state index is -0.484. The molecule has 0 spiro atoms. The van der Waals surface area contributed by atoms with Crippen LogP contribution < -0.4 is 10.6 Å². The van der Waals surface area contributed by atoms with Gasteiger partial charge >= 0.3 is 0 Å². The molecule has 2 aliphatic carbocycles. The zero-order valence-corrected chi connectivity index (χ0v) is 15.9. The third-order valence-corrected chi connectivity index (χ3v) is 6.70. The molecule has 1 amide bonds. The van der Waals surface area contributed by atoms with Crippen molar-refractivity contribution in [3.8, 4) is 17.2 Å². The van der Waals surface area contributed by atoms with Crippen LogP contribution in [0, 0.1) is 17.2 Å². The fourth-order valence-corrected chi connectivity index (χ4v) is 5.29. The van der Waals surface area contributed by atoms with Gasteiger partial charge in [0.25, 0.3) is 0 Å². The first kappa shape index (κ1) is 17.5. The van der Waals surface area contributed by atoms with E-state index in [1.165, 1.54) is 28.7 Å². The molecule has 4 nitrogen and oxygen atoms in total. The molecule has 1 aliphatic heterocycles. The van der Waals surface area contributed by atoms with Gasteiger partial charge in [-0.2, -0.15) is 5.26 Å². The number of carbonyl (C=O) groups excluding carboxylic acids is 1. The van der Waals surface area contributed by atoms with Crippen molar-refractivity contribution in [1.29, 1.82) is 5.26 Å². The lowest BCUT2D eigenvalue weighted by Crippen LogP contribution is -2.50. The van der Waals surface area contributed by atoms with Gasteiger partial charge in [0.1, 0.15) is 6.04 Å². The molecule has 4 unspecified atom stereocenters. The van der Waals surface area contributed by atoms with E-state index in [0.717, 1.165) is 31.2 Å². The Bertz CT molecular complexity index is 961. The number of fused-ring (bicyclic) bond motifs is 5. The van der Waals surface area contributed by atoms with Crippen LogP contribution in [-0.2, 0) is 24.1 Å². The molecule has 2 fully saturated rings. The second-order valence-electron chi connectivity index (χ2n) is 8.46. The summed E-state index contributed by atoms with van der Waals surface area (Å²) >= 11 is 0. The number of piperidine rings is 1. The van der Waals surface area contributed by atoms with Gasteiger partial charge in [0.2, 0.25) is 5.91 Å². The number of rotatable bonds is 4. The van der Waals surface area contributed by atoms with E-state index in [2.05, 4.69) is 59.2 Å². The topological polar surface area (TPSA) is 64.9 Å². The molecule has 3 aliphatic rings. The van der Waals surface area contributed by atoms with Crippen LogP contribution in [0.15, 0.2) is 42.5 Å². The quantitative estimate of drug-likeness (QED) is 0.868. The molecule has 1 saturated carbocycles. The normalized spacial score (nSPS) is 25.5. The van der Waals surface area contributed by atoms with Gasteiger partial charge in [0, 0.05) is 12.5 Å². The van der Waals surface area contributed by atoms with E-state index >= 15 is 0 Å². The molecule has 1 saturated heterocycles. The minimum absolute atomic E-state index is 0.00867. The lowest BCUT2D eigenvalue weighted by molar-refractivity contribution is -0.124. The summed E-state index contributed by atoms with van der Waals surface area (Å²) in [5.41, 5.74) is 6.49. The fraction of sp³-hybridized carbons (Fsp3) is 0.417. The van der Waals surface area contributed by atoms with Gasteiger partial charge < -0.3 is 10.6 Å². The summed E-state index contributed by atoms with van der Waals surface area (Å²) in [5, 5.41) is 16.0. The summed E-state index contributed by atoms with van der Waals surface area (Å²) in [6.07, 6.45) is 6.03. The molecule has 0 aromatic heterocycles. The minimum Gasteiger partial charge on any atom is -0.339 e. The third-order valence-electron chi connectivity index (χ3n) is 6.70. The smallest absolute Gasteiger partial charge is 0.238 e. The number of amides is 1. The molecule has 2 bridgehead atoms. The molecular formula is C24H25N3O. The summed E-state index contributed by atoms with van der Waals surface area (Å²) < 4.78 is 0. The molecular weight excluding hydrogens is 346 g/mol. The number of hydrogen-bond acceptors (Lipinski definition) is 3. The summed E-state index contributed by atoms with van der Waals surface area (Å²) in [5.74, 6) is 0.429. The Kier molecular flexibility index (Phi) is 4.41. The average Bonchev–Trinajstić information content (AvgIpc) is 3.36. The maximum atomic E-state index is 12.6. The van der Waals surface area contributed by atoms with Crippen LogP contribution in [0.3, 0.4) is 0 Å². The zero-order valence-electron chi connectivity index (χ0n) is 15.9. The van der Waals surface area contributed by atoms with Gasteiger partial charge in [0.05, 0.1) is 12.1 Å². The van der Waals surface area contributed by atoms with Crippen LogP contribution in [0.5, 0.6) is 0 Å². The predicted octanol–water partition coefficient (Wildman–Crippen LogP) is 3.14. The number of nitrogens with one attached hydrogen (secondary N) is 2. The molecule has 2 N–H and O–H groups in total. The highest BCUT2D eigenvalue weighted by atomic mass is 16.2. The van der Waals surface area contributed by atoms with Crippen molar-refractivity contribution in [2.75, 3.05) is 0 Å². The molecule has 142 valence electrons. The Hall–Kier alpha value is -2.64. The van der Waals surface area contributed by atoms with Crippen LogP contribution >= 0.6 is 0 Å². The molecule has 2 aromatic rings. The van der Waals surface area contributed by atoms with Gasteiger partial charge in [-0.25, -0.2) is 0 Å². The van der Waals surface area contributed by atoms with Crippen molar-refractivity contribution in [3.63, 3.8) is 0 Å². The second-order valence-corrected chi connectivity index (χ2v) is 8.46. The molecule has 2 aromatic carbocycles. The highest BCUT2D eigenvalue weighted by Crippen LogP contribution is 2.36. The summed E-state index contributed by atoms with van der Waals surface area (Å²) in [6, 6.07) is 17.3. The van der Waals surface area contributed by atoms with E-state index in [1.54, 1.807) is 0 Å². The second kappa shape index (κ2) is 7.07. The summed E-state index contributed by atoms with van der Waals surface area (Å²) in [4.78, 5) is 12.6. The van der Waals surface area contributed by atoms with Gasteiger partial charge in [-0.15, -0.1) is 0 Å². The summed E-state index contributed by atoms with van der Waals surface area (Å²) in [6.45, 7) is 0. The van der Waals surface area contributed by atoms with E-state index < -0.39 is 6.04 Å². The first-order valence-corrected chi connectivity index (χ1v) is 10.4. The van der Waals surface area contributed by atoms with Crippen molar-refractivity contribution < 1.29 is 4.79 Å². The number of nitriles is 1. The SMILES string of the molecule is N#CC(Cc1ccc2c(c1)CCc1ccccc1-2)NC(=O)C1NC2CCC1C2. The standard InChI is InChI=1S/C24H25N3O/c25-14-20(27-24(28)23-18-8-9-19(13-18)26-23)12-15-5-10-22-17(11-15)7-6-16-3-1-2-4-21(16)22/h1-5,10-11,18-20,23,26H,6-9,12-13H2,(H,27,28). The first-order valence-electron chi connectivity index (χ1n) is 10.4. The van der Waals surface area contributed by atoms with Gasteiger partial charge in [-0.3, -0.25) is 4.79 Å². The number of nitrogens with zero attached hydrogens (tertiary/aromatic N) is 1. The Balaban J connectivity index is 1.29. The number of benzene rings is 2. The van der Waals surface area contributed by atoms with Gasteiger partial charge in [-0.05, 0) is 65.8 Å². The third kappa shape index (κ3) is 3.10. The summed E-state index contributed by atoms with van der Waals surface area (Å²) in [7, 11) is 0. The molecule has 0 radical (unpaired) electrons. The Morgan fingerprint density at radius 1 is 1.14 bits per heavy atom. The van der Waals surface area contributed by atoms with E-state index in [1.807, 2.05) is 0 Å². The van der Waals surface area contributed by atoms with Gasteiger partial charge in [-0.1, -0.05) is 42.5 Å². The number of carbonyl (C=O) groups is 1. The highest BCUT2D eigenvalue weighted by molar-refractivity contribution is 5.83. The van der Waals surface area contributed by atoms with Crippen LogP contribution in [0.1, 0.15) is 36.0 Å². The van der Waals surface area contributed by atoms with E-state index in [0.29, 0.717) is 18.4 Å². The Morgan fingerprint density at radius 2 is 1.96 bits per heavy atom. The van der Waals surface area contributed by atoms with Crippen LogP contribution in [0.2, 0.25) is 0 Å². The monoisotopic (exact) mass is 371 g/mol. The van der Waals surface area contributed by atoms with Crippen molar-refractivity contribution in [2.24, 2.45) is 5.92 Å².